The lowest BCUT2D eigenvalue weighted by atomic mass is 10.2. The van der Waals surface area contributed by atoms with E-state index in [9.17, 15) is 0 Å². The summed E-state index contributed by atoms with van der Waals surface area (Å²) in [4.78, 5) is 2.61. The van der Waals surface area contributed by atoms with Gasteiger partial charge in [-0.3, -0.25) is 4.90 Å². The molecule has 1 saturated heterocycles. The molecule has 100 valence electrons. The molecule has 1 aliphatic rings. The van der Waals surface area contributed by atoms with E-state index in [1.54, 1.807) is 0 Å². The topological polar surface area (TPSA) is 15.3 Å². The lowest BCUT2D eigenvalue weighted by molar-refractivity contribution is 0.213. The van der Waals surface area contributed by atoms with Crippen LogP contribution in [0.4, 0.5) is 0 Å². The molecule has 0 radical (unpaired) electrons. The molecule has 1 N–H and O–H groups in total. The van der Waals surface area contributed by atoms with Crippen molar-refractivity contribution in [2.75, 3.05) is 25.4 Å². The van der Waals surface area contributed by atoms with Crippen LogP contribution >= 0.6 is 11.8 Å². The Morgan fingerprint density at radius 1 is 1.28 bits per heavy atom. The van der Waals surface area contributed by atoms with Crippen LogP contribution < -0.4 is 5.32 Å². The van der Waals surface area contributed by atoms with Crippen molar-refractivity contribution in [1.82, 2.24) is 10.2 Å². The summed E-state index contributed by atoms with van der Waals surface area (Å²) in [5.74, 6) is 1.28. The van der Waals surface area contributed by atoms with E-state index in [4.69, 9.17) is 0 Å². The number of benzene rings is 1. The van der Waals surface area contributed by atoms with Crippen LogP contribution in [0.15, 0.2) is 30.3 Å². The van der Waals surface area contributed by atoms with E-state index in [-0.39, 0.29) is 0 Å². The van der Waals surface area contributed by atoms with Crippen LogP contribution in [0, 0.1) is 0 Å². The first kappa shape index (κ1) is 13.9. The molecular formula is C15H24N2S. The molecule has 18 heavy (non-hydrogen) atoms. The molecule has 0 spiro atoms. The molecule has 1 aromatic rings. The summed E-state index contributed by atoms with van der Waals surface area (Å²) in [5, 5.41) is 4.31. The molecule has 1 aromatic carbocycles. The van der Waals surface area contributed by atoms with Gasteiger partial charge in [-0.15, -0.1) is 0 Å². The van der Waals surface area contributed by atoms with E-state index in [1.807, 2.05) is 0 Å². The molecule has 2 nitrogen and oxygen atoms in total. The van der Waals surface area contributed by atoms with Gasteiger partial charge < -0.3 is 5.32 Å². The zero-order chi connectivity index (χ0) is 12.8. The zero-order valence-electron chi connectivity index (χ0n) is 11.4. The Kier molecular flexibility index (Phi) is 5.54. The highest BCUT2D eigenvalue weighted by atomic mass is 32.2. The second kappa shape index (κ2) is 7.17. The number of nitrogens with zero attached hydrogens (tertiary/aromatic N) is 1. The summed E-state index contributed by atoms with van der Waals surface area (Å²) >= 11 is 2.10. The van der Waals surface area contributed by atoms with Crippen LogP contribution in [0.2, 0.25) is 0 Å². The smallest absolute Gasteiger partial charge is 0.0206 e. The van der Waals surface area contributed by atoms with E-state index in [0.717, 1.165) is 18.3 Å². The van der Waals surface area contributed by atoms with E-state index in [1.165, 1.54) is 24.4 Å². The van der Waals surface area contributed by atoms with Crippen LogP contribution in [0.25, 0.3) is 0 Å². The van der Waals surface area contributed by atoms with Crippen LogP contribution in [-0.4, -0.2) is 41.6 Å². The summed E-state index contributed by atoms with van der Waals surface area (Å²) in [6, 6.07) is 11.3. The average molecular weight is 264 g/mol. The Bertz CT molecular complexity index is 342. The number of thioether (sulfide) groups is 1. The predicted molar refractivity (Wildman–Crippen MR) is 81.1 cm³/mol. The first-order valence-electron chi connectivity index (χ1n) is 6.87. The lowest BCUT2D eigenvalue weighted by Crippen LogP contribution is -2.47. The van der Waals surface area contributed by atoms with Gasteiger partial charge in [0, 0.05) is 43.2 Å². The highest BCUT2D eigenvalue weighted by Gasteiger charge is 2.24. The van der Waals surface area contributed by atoms with Gasteiger partial charge in [-0.25, -0.2) is 0 Å². The van der Waals surface area contributed by atoms with Crippen molar-refractivity contribution in [1.29, 1.82) is 0 Å². The standard InChI is InChI=1S/C15H24N2S/c1-13-14(2)18-11-10-17(13)9-8-16-12-15-6-4-3-5-7-15/h3-7,13-14,16H,8-12H2,1-2H3. The highest BCUT2D eigenvalue weighted by Crippen LogP contribution is 2.23. The zero-order valence-corrected chi connectivity index (χ0v) is 12.2. The molecule has 1 heterocycles. The normalized spacial score (nSPS) is 25.2. The molecule has 0 saturated carbocycles. The third kappa shape index (κ3) is 4.01. The minimum Gasteiger partial charge on any atom is -0.311 e. The maximum Gasteiger partial charge on any atom is 0.0206 e. The molecule has 2 unspecified atom stereocenters. The first-order chi connectivity index (χ1) is 8.77. The molecule has 0 amide bonds. The van der Waals surface area contributed by atoms with Crippen LogP contribution in [-0.2, 0) is 6.54 Å². The largest absolute Gasteiger partial charge is 0.311 e. The van der Waals surface area contributed by atoms with Gasteiger partial charge in [-0.1, -0.05) is 37.3 Å². The molecule has 0 aromatic heterocycles. The van der Waals surface area contributed by atoms with Crippen LogP contribution in [0.3, 0.4) is 0 Å². The Hall–Kier alpha value is -0.510. The van der Waals surface area contributed by atoms with Crippen molar-refractivity contribution in [3.05, 3.63) is 35.9 Å². The van der Waals surface area contributed by atoms with Gasteiger partial charge >= 0.3 is 0 Å². The van der Waals surface area contributed by atoms with Gasteiger partial charge in [0.2, 0.25) is 0 Å². The van der Waals surface area contributed by atoms with Crippen molar-refractivity contribution in [2.24, 2.45) is 0 Å². The van der Waals surface area contributed by atoms with Crippen LogP contribution in [0.1, 0.15) is 19.4 Å². The molecule has 1 fully saturated rings. The molecular weight excluding hydrogens is 240 g/mol. The molecule has 1 aliphatic heterocycles. The second-order valence-electron chi connectivity index (χ2n) is 5.01. The van der Waals surface area contributed by atoms with Crippen molar-refractivity contribution in [3.8, 4) is 0 Å². The lowest BCUT2D eigenvalue weighted by Gasteiger charge is -2.37. The monoisotopic (exact) mass is 264 g/mol. The fourth-order valence-electron chi connectivity index (χ4n) is 2.36. The molecule has 2 atom stereocenters. The Morgan fingerprint density at radius 3 is 2.83 bits per heavy atom. The van der Waals surface area contributed by atoms with Gasteiger partial charge in [-0.05, 0) is 12.5 Å². The van der Waals surface area contributed by atoms with E-state index >= 15 is 0 Å². The average Bonchev–Trinajstić information content (AvgIpc) is 2.40. The predicted octanol–water partition coefficient (Wildman–Crippen LogP) is 2.60. The number of hydrogen-bond donors (Lipinski definition) is 1. The fourth-order valence-corrected chi connectivity index (χ4v) is 3.52. The van der Waals surface area contributed by atoms with Crippen molar-refractivity contribution >= 4 is 11.8 Å². The Labute approximate surface area is 115 Å². The van der Waals surface area contributed by atoms with Crippen molar-refractivity contribution in [3.63, 3.8) is 0 Å². The van der Waals surface area contributed by atoms with Crippen molar-refractivity contribution < 1.29 is 0 Å². The minimum absolute atomic E-state index is 0.710. The summed E-state index contributed by atoms with van der Waals surface area (Å²) in [5.41, 5.74) is 1.37. The minimum atomic E-state index is 0.710. The summed E-state index contributed by atoms with van der Waals surface area (Å²) < 4.78 is 0. The van der Waals surface area contributed by atoms with Gasteiger partial charge in [0.25, 0.3) is 0 Å². The fraction of sp³-hybridized carbons (Fsp3) is 0.600. The van der Waals surface area contributed by atoms with Gasteiger partial charge in [-0.2, -0.15) is 11.8 Å². The number of hydrogen-bond acceptors (Lipinski definition) is 3. The van der Waals surface area contributed by atoms with Crippen molar-refractivity contribution in [2.45, 2.75) is 31.7 Å². The maximum atomic E-state index is 3.54. The van der Waals surface area contributed by atoms with E-state index in [2.05, 4.69) is 66.2 Å². The summed E-state index contributed by atoms with van der Waals surface area (Å²) in [7, 11) is 0. The first-order valence-corrected chi connectivity index (χ1v) is 7.92. The summed E-state index contributed by atoms with van der Waals surface area (Å²) in [6.07, 6.45) is 0. The molecule has 2 rings (SSSR count). The van der Waals surface area contributed by atoms with Gasteiger partial charge in [0.15, 0.2) is 0 Å². The van der Waals surface area contributed by atoms with E-state index < -0.39 is 0 Å². The van der Waals surface area contributed by atoms with Crippen LogP contribution in [0.5, 0.6) is 0 Å². The maximum absolute atomic E-state index is 3.54. The molecule has 0 bridgehead atoms. The Balaban J connectivity index is 1.66. The second-order valence-corrected chi connectivity index (χ2v) is 6.50. The third-order valence-electron chi connectivity index (χ3n) is 3.76. The third-order valence-corrected chi connectivity index (χ3v) is 5.10. The number of nitrogens with one attached hydrogen (secondary N) is 1. The van der Waals surface area contributed by atoms with Gasteiger partial charge in [0.1, 0.15) is 0 Å². The highest BCUT2D eigenvalue weighted by molar-refractivity contribution is 8.00. The molecule has 0 aliphatic carbocycles. The molecule has 3 heteroatoms. The SMILES string of the molecule is CC1SCCN(CCNCc2ccccc2)C1C. The number of rotatable bonds is 5. The Morgan fingerprint density at radius 2 is 2.06 bits per heavy atom. The van der Waals surface area contributed by atoms with Gasteiger partial charge in [0.05, 0.1) is 0 Å². The summed E-state index contributed by atoms with van der Waals surface area (Å²) in [6.45, 7) is 9.17. The van der Waals surface area contributed by atoms with E-state index in [0.29, 0.717) is 6.04 Å². The quantitative estimate of drug-likeness (QED) is 0.823.